The Morgan fingerprint density at radius 2 is 2.12 bits per heavy atom. The molecule has 2 N–H and O–H groups in total. The van der Waals surface area contributed by atoms with Crippen molar-refractivity contribution in [3.63, 3.8) is 0 Å². The van der Waals surface area contributed by atoms with E-state index in [4.69, 9.17) is 14.6 Å². The normalized spacial score (nSPS) is 26.7. The predicted molar refractivity (Wildman–Crippen MR) is 73.7 cm³/mol. The highest BCUT2D eigenvalue weighted by molar-refractivity contribution is 5.85. The number of methoxy groups -OCH3 is 2. The summed E-state index contributed by atoms with van der Waals surface area (Å²) in [5, 5.41) is 0. The number of alkyl halides is 3. The van der Waals surface area contributed by atoms with Crippen LogP contribution in [-0.4, -0.2) is 44.4 Å². The molecule has 0 aliphatic carbocycles. The van der Waals surface area contributed by atoms with Gasteiger partial charge < -0.3 is 20.1 Å². The lowest BCUT2D eigenvalue weighted by molar-refractivity contribution is -0.261. The van der Waals surface area contributed by atoms with E-state index in [1.54, 1.807) is 0 Å². The molecule has 2 atom stereocenters. The molecular formula is C14H15F5N2O3. The lowest BCUT2D eigenvalue weighted by Crippen LogP contribution is -2.49. The first kappa shape index (κ1) is 14.3. The molecule has 2 unspecified atom stereocenters. The first-order valence-corrected chi connectivity index (χ1v) is 6.57. The summed E-state index contributed by atoms with van der Waals surface area (Å²) in [6, 6.07) is -0.175. The number of nitrogens with two attached hydrogens (primary N) is 1. The van der Waals surface area contributed by atoms with E-state index in [9.17, 15) is 26.7 Å². The molecule has 24 heavy (non-hydrogen) atoms. The molecule has 1 aromatic rings. The minimum Gasteiger partial charge on any atom is -0.491 e. The third-order valence-electron chi connectivity index (χ3n) is 3.91. The first-order valence-electron chi connectivity index (χ1n) is 8.07. The van der Waals surface area contributed by atoms with Gasteiger partial charge in [0.1, 0.15) is 6.04 Å². The molecule has 0 aromatic heterocycles. The molecule has 1 fully saturated rings. The highest BCUT2D eigenvalue weighted by atomic mass is 19.4. The number of rotatable bonds is 4. The molecule has 1 aliphatic rings. The Hall–Kier alpha value is -2.10. The van der Waals surface area contributed by atoms with Gasteiger partial charge in [-0.2, -0.15) is 17.6 Å². The van der Waals surface area contributed by atoms with Crippen LogP contribution in [0.3, 0.4) is 0 Å². The van der Waals surface area contributed by atoms with Crippen molar-refractivity contribution in [1.29, 1.82) is 0 Å². The van der Waals surface area contributed by atoms with Crippen LogP contribution in [0.15, 0.2) is 12.1 Å². The van der Waals surface area contributed by atoms with Gasteiger partial charge in [0.25, 0.3) is 0 Å². The number of ether oxygens (including phenoxy) is 2. The lowest BCUT2D eigenvalue weighted by Gasteiger charge is -2.30. The number of amides is 1. The van der Waals surface area contributed by atoms with E-state index in [1.165, 1.54) is 0 Å². The molecular weight excluding hydrogens is 339 g/mol. The quantitative estimate of drug-likeness (QED) is 0.837. The Bertz CT molecular complexity index is 744. The van der Waals surface area contributed by atoms with Crippen molar-refractivity contribution >= 4 is 11.6 Å². The highest BCUT2D eigenvalue weighted by Gasteiger charge is 2.63. The van der Waals surface area contributed by atoms with Crippen molar-refractivity contribution in [3.8, 4) is 5.75 Å². The van der Waals surface area contributed by atoms with Crippen LogP contribution in [0.1, 0.15) is 10.5 Å². The zero-order valence-corrected chi connectivity index (χ0v) is 12.3. The van der Waals surface area contributed by atoms with E-state index in [0.29, 0.717) is 11.0 Å². The summed E-state index contributed by atoms with van der Waals surface area (Å²) in [6.45, 7) is -1.19. The van der Waals surface area contributed by atoms with Gasteiger partial charge in [-0.05, 0) is 12.1 Å². The van der Waals surface area contributed by atoms with E-state index in [1.807, 2.05) is 0 Å². The number of primary amides is 1. The smallest absolute Gasteiger partial charge is 0.419 e. The van der Waals surface area contributed by atoms with Crippen molar-refractivity contribution < 1.29 is 40.3 Å². The third kappa shape index (κ3) is 2.74. The SMILES string of the molecule is [2H]C([2H])([2H])OC1(C(F)(F)F)CC(C(N)=O)N(c2ccc(F)c(F)c2OC)C1. The van der Waals surface area contributed by atoms with Crippen LogP contribution in [0.25, 0.3) is 0 Å². The molecule has 1 amide bonds. The summed E-state index contributed by atoms with van der Waals surface area (Å²) in [4.78, 5) is 12.4. The molecule has 10 heteroatoms. The summed E-state index contributed by atoms with van der Waals surface area (Å²) < 4.78 is 98.5. The van der Waals surface area contributed by atoms with Crippen molar-refractivity contribution in [3.05, 3.63) is 23.8 Å². The average molecular weight is 357 g/mol. The zero-order chi connectivity index (χ0) is 20.8. The Kier molecular flexibility index (Phi) is 3.61. The van der Waals surface area contributed by atoms with Gasteiger partial charge in [-0.1, -0.05) is 0 Å². The fourth-order valence-electron chi connectivity index (χ4n) is 2.66. The summed E-state index contributed by atoms with van der Waals surface area (Å²) in [5.41, 5.74) is 1.47. The number of nitrogens with zero attached hydrogens (tertiary/aromatic N) is 1. The zero-order valence-electron chi connectivity index (χ0n) is 15.3. The predicted octanol–water partition coefficient (Wildman–Crippen LogP) is 1.98. The Balaban J connectivity index is 2.61. The second-order valence-corrected chi connectivity index (χ2v) is 5.26. The van der Waals surface area contributed by atoms with Crippen LogP contribution in [0.2, 0.25) is 0 Å². The molecule has 0 bridgehead atoms. The molecule has 1 aliphatic heterocycles. The summed E-state index contributed by atoms with van der Waals surface area (Å²) in [5.74, 6) is -4.80. The molecule has 2 rings (SSSR count). The number of carbonyl (C=O) groups is 1. The van der Waals surface area contributed by atoms with Crippen molar-refractivity contribution in [2.24, 2.45) is 5.73 Å². The standard InChI is InChI=1S/C14H15F5N2O3/c1-23-11-8(4-3-7(15)10(11)16)21-6-13(24-2,14(17,18)19)5-9(21)12(20)22/h3-4,9H,5-6H2,1-2H3,(H2,20,22)/i2D3. The minimum atomic E-state index is -5.20. The maximum absolute atomic E-state index is 14.0. The Labute approximate surface area is 138 Å². The van der Waals surface area contributed by atoms with Gasteiger partial charge in [-0.3, -0.25) is 4.79 Å². The molecule has 0 saturated carbocycles. The number of anilines is 1. The molecule has 1 heterocycles. The lowest BCUT2D eigenvalue weighted by atomic mass is 9.99. The number of carbonyl (C=O) groups excluding carboxylic acids is 1. The van der Waals surface area contributed by atoms with Gasteiger partial charge in [-0.25, -0.2) is 4.39 Å². The van der Waals surface area contributed by atoms with Gasteiger partial charge in [0.05, 0.1) is 23.5 Å². The van der Waals surface area contributed by atoms with E-state index >= 15 is 0 Å². The maximum Gasteiger partial charge on any atom is 0.419 e. The number of hydrogen-bond acceptors (Lipinski definition) is 4. The Morgan fingerprint density at radius 1 is 1.46 bits per heavy atom. The fraction of sp³-hybridized carbons (Fsp3) is 0.500. The van der Waals surface area contributed by atoms with E-state index in [0.717, 1.165) is 13.2 Å². The van der Waals surface area contributed by atoms with Crippen molar-refractivity contribution in [2.45, 2.75) is 24.2 Å². The van der Waals surface area contributed by atoms with Crippen molar-refractivity contribution in [2.75, 3.05) is 25.6 Å². The van der Waals surface area contributed by atoms with Gasteiger partial charge in [-0.15, -0.1) is 0 Å². The van der Waals surface area contributed by atoms with Crippen LogP contribution in [0.4, 0.5) is 27.6 Å². The number of halogens is 5. The second kappa shape index (κ2) is 6.08. The van der Waals surface area contributed by atoms with E-state index in [-0.39, 0.29) is 0 Å². The van der Waals surface area contributed by atoms with E-state index < -0.39 is 66.8 Å². The minimum absolute atomic E-state index is 0.402. The van der Waals surface area contributed by atoms with Gasteiger partial charge >= 0.3 is 6.18 Å². The second-order valence-electron chi connectivity index (χ2n) is 5.26. The van der Waals surface area contributed by atoms with Crippen LogP contribution in [0, 0.1) is 11.6 Å². The van der Waals surface area contributed by atoms with Gasteiger partial charge in [0.2, 0.25) is 11.7 Å². The first-order chi connectivity index (χ1) is 12.2. The number of benzene rings is 1. The monoisotopic (exact) mass is 357 g/mol. The van der Waals surface area contributed by atoms with Crippen LogP contribution in [0.5, 0.6) is 5.75 Å². The molecule has 1 saturated heterocycles. The van der Waals surface area contributed by atoms with Crippen molar-refractivity contribution in [1.82, 2.24) is 0 Å². The van der Waals surface area contributed by atoms with Gasteiger partial charge in [0.15, 0.2) is 17.2 Å². The third-order valence-corrected chi connectivity index (χ3v) is 3.91. The fourth-order valence-corrected chi connectivity index (χ4v) is 2.66. The Morgan fingerprint density at radius 3 is 2.62 bits per heavy atom. The maximum atomic E-state index is 14.0. The van der Waals surface area contributed by atoms with E-state index in [2.05, 4.69) is 4.74 Å². The molecule has 134 valence electrons. The van der Waals surface area contributed by atoms with Gasteiger partial charge in [0, 0.05) is 13.5 Å². The highest BCUT2D eigenvalue weighted by Crippen LogP contribution is 2.46. The summed E-state index contributed by atoms with van der Waals surface area (Å²) >= 11 is 0. The van der Waals surface area contributed by atoms with Crippen LogP contribution in [-0.2, 0) is 9.53 Å². The summed E-state index contributed by atoms with van der Waals surface area (Å²) in [6.07, 6.45) is -6.35. The average Bonchev–Trinajstić information content (AvgIpc) is 2.88. The molecule has 5 nitrogen and oxygen atoms in total. The molecule has 0 spiro atoms. The molecule has 0 radical (unpaired) electrons. The topological polar surface area (TPSA) is 64.8 Å². The number of hydrogen-bond donors (Lipinski definition) is 1. The largest absolute Gasteiger partial charge is 0.491 e. The van der Waals surface area contributed by atoms with Crippen LogP contribution < -0.4 is 15.4 Å². The molecule has 1 aromatic carbocycles. The van der Waals surface area contributed by atoms with Crippen LogP contribution >= 0.6 is 0 Å². The summed E-state index contributed by atoms with van der Waals surface area (Å²) in [7, 11) is -2.49.